The largest absolute Gasteiger partial charge is 0.350 e. The molecule has 0 aliphatic heterocycles. The molecule has 1 N–H and O–H groups in total. The summed E-state index contributed by atoms with van der Waals surface area (Å²) in [7, 11) is -4.87. The first-order chi connectivity index (χ1) is 11.3. The van der Waals surface area contributed by atoms with Gasteiger partial charge >= 0.3 is 15.9 Å². The van der Waals surface area contributed by atoms with E-state index in [4.69, 9.17) is 0 Å². The van der Waals surface area contributed by atoms with Gasteiger partial charge in [0.25, 0.3) is 0 Å². The molecular formula is C14H11FN4O4S. The van der Waals surface area contributed by atoms with E-state index in [2.05, 4.69) is 10.4 Å². The standard InChI is InChI=1S/C14H11FN4O4S/c15-24(22,23)11-5-3-4-10(8-11)16-13(20)9-19-14(21)18-7-2-1-6-12(18)17-19/h1-8H,9H2,(H,16,20). The van der Waals surface area contributed by atoms with Gasteiger partial charge in [-0.2, -0.15) is 8.42 Å². The molecule has 10 heteroatoms. The molecule has 1 amide bonds. The topological polar surface area (TPSA) is 103 Å². The zero-order valence-electron chi connectivity index (χ0n) is 12.1. The fourth-order valence-corrected chi connectivity index (χ4v) is 2.64. The summed E-state index contributed by atoms with van der Waals surface area (Å²) in [5, 5.41) is 6.40. The van der Waals surface area contributed by atoms with Gasteiger partial charge in [-0.1, -0.05) is 12.1 Å². The molecule has 1 aromatic carbocycles. The van der Waals surface area contributed by atoms with Gasteiger partial charge in [-0.15, -0.1) is 8.98 Å². The van der Waals surface area contributed by atoms with E-state index in [-0.39, 0.29) is 12.2 Å². The molecule has 2 aromatic heterocycles. The van der Waals surface area contributed by atoms with Crippen molar-refractivity contribution in [1.29, 1.82) is 0 Å². The molecule has 3 aromatic rings. The van der Waals surface area contributed by atoms with Gasteiger partial charge in [0.05, 0.1) is 0 Å². The molecule has 0 aliphatic rings. The average molecular weight is 350 g/mol. The molecule has 0 fully saturated rings. The van der Waals surface area contributed by atoms with Crippen molar-refractivity contribution in [2.45, 2.75) is 11.4 Å². The molecular weight excluding hydrogens is 339 g/mol. The number of anilines is 1. The Hall–Kier alpha value is -3.01. The lowest BCUT2D eigenvalue weighted by Crippen LogP contribution is -2.28. The van der Waals surface area contributed by atoms with Crippen molar-refractivity contribution in [3.05, 3.63) is 59.1 Å². The lowest BCUT2D eigenvalue weighted by Gasteiger charge is -2.05. The number of hydrogen-bond acceptors (Lipinski definition) is 5. The second-order valence-electron chi connectivity index (χ2n) is 4.88. The number of halogens is 1. The summed E-state index contributed by atoms with van der Waals surface area (Å²) in [6.45, 7) is -0.368. The minimum atomic E-state index is -4.87. The van der Waals surface area contributed by atoms with E-state index in [0.717, 1.165) is 16.8 Å². The van der Waals surface area contributed by atoms with Gasteiger partial charge in [0.2, 0.25) is 5.91 Å². The van der Waals surface area contributed by atoms with E-state index in [0.29, 0.717) is 5.65 Å². The lowest BCUT2D eigenvalue weighted by atomic mass is 10.3. The summed E-state index contributed by atoms with van der Waals surface area (Å²) < 4.78 is 36.9. The zero-order chi connectivity index (χ0) is 17.3. The van der Waals surface area contributed by atoms with Crippen LogP contribution in [0, 0.1) is 0 Å². The van der Waals surface area contributed by atoms with E-state index < -0.39 is 26.7 Å². The van der Waals surface area contributed by atoms with Crippen molar-refractivity contribution in [3.63, 3.8) is 0 Å². The molecule has 0 saturated heterocycles. The van der Waals surface area contributed by atoms with E-state index in [9.17, 15) is 21.9 Å². The van der Waals surface area contributed by atoms with Gasteiger partial charge in [-0.25, -0.2) is 9.48 Å². The highest BCUT2D eigenvalue weighted by Gasteiger charge is 2.14. The number of nitrogens with zero attached hydrogens (tertiary/aromatic N) is 3. The molecule has 0 unspecified atom stereocenters. The molecule has 0 radical (unpaired) electrons. The Morgan fingerprint density at radius 2 is 2.00 bits per heavy atom. The van der Waals surface area contributed by atoms with Crippen molar-refractivity contribution in [3.8, 4) is 0 Å². The highest BCUT2D eigenvalue weighted by Crippen LogP contribution is 2.17. The summed E-state index contributed by atoms with van der Waals surface area (Å²) in [5.41, 5.74) is -0.00260. The monoisotopic (exact) mass is 350 g/mol. The third kappa shape index (κ3) is 3.18. The van der Waals surface area contributed by atoms with Crippen LogP contribution in [0.4, 0.5) is 9.57 Å². The first kappa shape index (κ1) is 15.9. The number of aromatic nitrogens is 3. The van der Waals surface area contributed by atoms with Gasteiger partial charge < -0.3 is 5.32 Å². The fourth-order valence-electron chi connectivity index (χ4n) is 2.13. The normalized spacial score (nSPS) is 11.5. The molecule has 0 saturated carbocycles. The van der Waals surface area contributed by atoms with Gasteiger partial charge in [0.15, 0.2) is 5.65 Å². The van der Waals surface area contributed by atoms with Crippen LogP contribution in [-0.4, -0.2) is 28.5 Å². The molecule has 3 rings (SSSR count). The van der Waals surface area contributed by atoms with Gasteiger partial charge in [-0.05, 0) is 30.3 Å². The van der Waals surface area contributed by atoms with Crippen LogP contribution < -0.4 is 11.0 Å². The van der Waals surface area contributed by atoms with Crippen LogP contribution >= 0.6 is 0 Å². The second kappa shape index (κ2) is 5.89. The Bertz CT molecular complexity index is 1090. The molecule has 0 aliphatic carbocycles. The Kier molecular flexibility index (Phi) is 3.89. The minimum Gasteiger partial charge on any atom is -0.324 e. The van der Waals surface area contributed by atoms with E-state index >= 15 is 0 Å². The molecule has 24 heavy (non-hydrogen) atoms. The Balaban J connectivity index is 1.81. The van der Waals surface area contributed by atoms with Crippen LogP contribution in [0.5, 0.6) is 0 Å². The summed E-state index contributed by atoms with van der Waals surface area (Å²) in [6.07, 6.45) is 1.52. The van der Waals surface area contributed by atoms with Crippen molar-refractivity contribution in [2.24, 2.45) is 0 Å². The number of benzene rings is 1. The van der Waals surface area contributed by atoms with Crippen LogP contribution in [0.15, 0.2) is 58.4 Å². The number of nitrogens with one attached hydrogen (secondary N) is 1. The minimum absolute atomic E-state index is 0.0931. The van der Waals surface area contributed by atoms with Crippen molar-refractivity contribution in [2.75, 3.05) is 5.32 Å². The Morgan fingerprint density at radius 1 is 1.21 bits per heavy atom. The highest BCUT2D eigenvalue weighted by molar-refractivity contribution is 7.86. The molecule has 0 bridgehead atoms. The number of carbonyl (C=O) groups is 1. The SMILES string of the molecule is O=C(Cn1nc2ccccn2c1=O)Nc1cccc(S(=O)(=O)F)c1. The number of amides is 1. The van der Waals surface area contributed by atoms with Gasteiger partial charge in [0.1, 0.15) is 11.4 Å². The maximum absolute atomic E-state index is 13.0. The third-order valence-electron chi connectivity index (χ3n) is 3.18. The van der Waals surface area contributed by atoms with E-state index in [1.165, 1.54) is 22.7 Å². The fraction of sp³-hybridized carbons (Fsp3) is 0.0714. The van der Waals surface area contributed by atoms with Crippen LogP contribution in [0.3, 0.4) is 0 Å². The zero-order valence-corrected chi connectivity index (χ0v) is 12.9. The second-order valence-corrected chi connectivity index (χ2v) is 6.23. The quantitative estimate of drug-likeness (QED) is 0.701. The number of hydrogen-bond donors (Lipinski definition) is 1. The molecule has 0 spiro atoms. The predicted molar refractivity (Wildman–Crippen MR) is 82.8 cm³/mol. The van der Waals surface area contributed by atoms with Crippen molar-refractivity contribution in [1.82, 2.24) is 14.2 Å². The van der Waals surface area contributed by atoms with Crippen LogP contribution in [0.1, 0.15) is 0 Å². The molecule has 124 valence electrons. The Labute approximate surface area is 135 Å². The van der Waals surface area contributed by atoms with Crippen molar-refractivity contribution < 1.29 is 17.1 Å². The lowest BCUT2D eigenvalue weighted by molar-refractivity contribution is -0.117. The molecule has 8 nitrogen and oxygen atoms in total. The van der Waals surface area contributed by atoms with Gasteiger partial charge in [-0.3, -0.25) is 9.20 Å². The summed E-state index contributed by atoms with van der Waals surface area (Å²) in [5.74, 6) is -0.603. The number of rotatable bonds is 4. The van der Waals surface area contributed by atoms with E-state index in [1.54, 1.807) is 18.2 Å². The number of fused-ring (bicyclic) bond motifs is 1. The molecule has 2 heterocycles. The summed E-state index contributed by atoms with van der Waals surface area (Å²) in [4.78, 5) is 23.5. The predicted octanol–water partition coefficient (Wildman–Crippen LogP) is 0.793. The van der Waals surface area contributed by atoms with Crippen LogP contribution in [-0.2, 0) is 21.6 Å². The molecule has 0 atom stereocenters. The number of carbonyl (C=O) groups excluding carboxylic acids is 1. The van der Waals surface area contributed by atoms with Crippen LogP contribution in [0.2, 0.25) is 0 Å². The average Bonchev–Trinajstić information content (AvgIpc) is 2.83. The maximum atomic E-state index is 13.0. The maximum Gasteiger partial charge on any atom is 0.350 e. The highest BCUT2D eigenvalue weighted by atomic mass is 32.3. The first-order valence-electron chi connectivity index (χ1n) is 6.73. The van der Waals surface area contributed by atoms with Crippen molar-refractivity contribution >= 4 is 27.5 Å². The first-order valence-corrected chi connectivity index (χ1v) is 8.12. The van der Waals surface area contributed by atoms with Gasteiger partial charge in [0, 0.05) is 11.9 Å². The van der Waals surface area contributed by atoms with E-state index in [1.807, 2.05) is 0 Å². The summed E-state index contributed by atoms with van der Waals surface area (Å²) in [6, 6.07) is 9.72. The van der Waals surface area contributed by atoms with Crippen LogP contribution in [0.25, 0.3) is 5.65 Å². The number of pyridine rings is 1. The summed E-state index contributed by atoms with van der Waals surface area (Å²) >= 11 is 0. The smallest absolute Gasteiger partial charge is 0.324 e. The third-order valence-corrected chi connectivity index (χ3v) is 4.00. The Morgan fingerprint density at radius 3 is 2.71 bits per heavy atom.